The summed E-state index contributed by atoms with van der Waals surface area (Å²) in [5, 5.41) is 3.74. The van der Waals surface area contributed by atoms with E-state index in [9.17, 15) is 0 Å². The third kappa shape index (κ3) is 4.82. The van der Waals surface area contributed by atoms with Crippen molar-refractivity contribution < 1.29 is 0 Å². The van der Waals surface area contributed by atoms with Gasteiger partial charge in [-0.3, -0.25) is 4.90 Å². The highest BCUT2D eigenvalue weighted by Crippen LogP contribution is 2.25. The van der Waals surface area contributed by atoms with E-state index in [1.165, 1.54) is 57.2 Å². The fraction of sp³-hybridized carbons (Fsp3) is 0.684. The molecule has 1 aliphatic heterocycles. The Balaban J connectivity index is 2.14. The van der Waals surface area contributed by atoms with Crippen LogP contribution in [0.3, 0.4) is 0 Å². The maximum absolute atomic E-state index is 3.74. The van der Waals surface area contributed by atoms with Crippen LogP contribution < -0.4 is 5.32 Å². The topological polar surface area (TPSA) is 15.3 Å². The van der Waals surface area contributed by atoms with Crippen molar-refractivity contribution >= 4 is 0 Å². The second-order valence-electron chi connectivity index (χ2n) is 6.23. The van der Waals surface area contributed by atoms with Crippen molar-refractivity contribution in [2.45, 2.75) is 64.5 Å². The zero-order valence-electron chi connectivity index (χ0n) is 13.9. The highest BCUT2D eigenvalue weighted by Gasteiger charge is 2.26. The van der Waals surface area contributed by atoms with Crippen LogP contribution >= 0.6 is 0 Å². The molecule has 1 saturated heterocycles. The van der Waals surface area contributed by atoms with Crippen molar-refractivity contribution in [2.24, 2.45) is 0 Å². The maximum atomic E-state index is 3.74. The Hall–Kier alpha value is -0.860. The monoisotopic (exact) mass is 288 g/mol. The number of nitrogens with zero attached hydrogens (tertiary/aromatic N) is 1. The second kappa shape index (κ2) is 9.22. The van der Waals surface area contributed by atoms with Gasteiger partial charge in [0.1, 0.15) is 0 Å². The minimum absolute atomic E-state index is 0.459. The Kier molecular flexibility index (Phi) is 7.25. The molecule has 0 radical (unpaired) electrons. The predicted molar refractivity (Wildman–Crippen MR) is 91.6 cm³/mol. The van der Waals surface area contributed by atoms with Gasteiger partial charge in [0, 0.05) is 12.1 Å². The smallest absolute Gasteiger partial charge is 0.0477 e. The van der Waals surface area contributed by atoms with Crippen LogP contribution in [0.2, 0.25) is 0 Å². The van der Waals surface area contributed by atoms with Crippen LogP contribution in [-0.4, -0.2) is 30.6 Å². The van der Waals surface area contributed by atoms with E-state index in [-0.39, 0.29) is 0 Å². The normalized spacial score (nSPS) is 20.5. The SMILES string of the molecule is CCNC(c1ccccc1)C(CC)N1CCCCCCC1. The van der Waals surface area contributed by atoms with Gasteiger partial charge in [-0.05, 0) is 44.5 Å². The zero-order chi connectivity index (χ0) is 14.9. The summed E-state index contributed by atoms with van der Waals surface area (Å²) in [6.07, 6.45) is 8.19. The summed E-state index contributed by atoms with van der Waals surface area (Å²) in [5.74, 6) is 0. The Morgan fingerprint density at radius 1 is 0.952 bits per heavy atom. The molecule has 2 nitrogen and oxygen atoms in total. The summed E-state index contributed by atoms with van der Waals surface area (Å²) in [5.41, 5.74) is 1.44. The summed E-state index contributed by atoms with van der Waals surface area (Å²) < 4.78 is 0. The van der Waals surface area contributed by atoms with Gasteiger partial charge >= 0.3 is 0 Å². The molecule has 1 aromatic rings. The minimum atomic E-state index is 0.459. The third-order valence-electron chi connectivity index (χ3n) is 4.75. The first-order chi connectivity index (χ1) is 10.4. The van der Waals surface area contributed by atoms with E-state index in [2.05, 4.69) is 54.4 Å². The molecule has 2 rings (SSSR count). The van der Waals surface area contributed by atoms with Gasteiger partial charge in [0.15, 0.2) is 0 Å². The summed E-state index contributed by atoms with van der Waals surface area (Å²) in [4.78, 5) is 2.75. The van der Waals surface area contributed by atoms with Gasteiger partial charge < -0.3 is 5.32 Å². The minimum Gasteiger partial charge on any atom is -0.309 e. The Labute approximate surface area is 130 Å². The molecule has 118 valence electrons. The summed E-state index contributed by atoms with van der Waals surface area (Å²) in [6.45, 7) is 8.14. The molecule has 1 heterocycles. The first kappa shape index (κ1) is 16.5. The van der Waals surface area contributed by atoms with Crippen LogP contribution in [0, 0.1) is 0 Å². The van der Waals surface area contributed by atoms with Gasteiger partial charge in [-0.2, -0.15) is 0 Å². The van der Waals surface area contributed by atoms with Crippen molar-refractivity contribution in [1.29, 1.82) is 0 Å². The average molecular weight is 288 g/mol. The highest BCUT2D eigenvalue weighted by molar-refractivity contribution is 5.20. The third-order valence-corrected chi connectivity index (χ3v) is 4.75. The second-order valence-corrected chi connectivity index (χ2v) is 6.23. The number of nitrogens with one attached hydrogen (secondary N) is 1. The van der Waals surface area contributed by atoms with Crippen LogP contribution in [0.1, 0.15) is 64.0 Å². The Morgan fingerprint density at radius 2 is 1.57 bits per heavy atom. The molecule has 1 fully saturated rings. The van der Waals surface area contributed by atoms with Crippen molar-refractivity contribution in [3.05, 3.63) is 35.9 Å². The van der Waals surface area contributed by atoms with E-state index in [1.54, 1.807) is 0 Å². The van der Waals surface area contributed by atoms with E-state index in [0.717, 1.165) is 6.54 Å². The lowest BCUT2D eigenvalue weighted by Gasteiger charge is -2.38. The van der Waals surface area contributed by atoms with Crippen molar-refractivity contribution in [2.75, 3.05) is 19.6 Å². The van der Waals surface area contributed by atoms with Crippen LogP contribution in [0.15, 0.2) is 30.3 Å². The molecule has 2 heteroatoms. The molecule has 0 aliphatic carbocycles. The van der Waals surface area contributed by atoms with Gasteiger partial charge in [0.05, 0.1) is 0 Å². The summed E-state index contributed by atoms with van der Waals surface area (Å²) >= 11 is 0. The Bertz CT molecular complexity index is 368. The van der Waals surface area contributed by atoms with E-state index in [4.69, 9.17) is 0 Å². The molecule has 0 saturated carbocycles. The number of benzene rings is 1. The van der Waals surface area contributed by atoms with Crippen LogP contribution in [-0.2, 0) is 0 Å². The van der Waals surface area contributed by atoms with Crippen molar-refractivity contribution in [3.63, 3.8) is 0 Å². The molecule has 0 amide bonds. The summed E-state index contributed by atoms with van der Waals surface area (Å²) in [6, 6.07) is 12.1. The van der Waals surface area contributed by atoms with Gasteiger partial charge in [-0.1, -0.05) is 63.4 Å². The molecule has 21 heavy (non-hydrogen) atoms. The molecule has 0 bridgehead atoms. The van der Waals surface area contributed by atoms with Gasteiger partial charge in [-0.15, -0.1) is 0 Å². The van der Waals surface area contributed by atoms with Crippen LogP contribution in [0.25, 0.3) is 0 Å². The standard InChI is InChI=1S/C19H32N2/c1-3-18(21-15-11-6-5-7-12-16-21)19(20-4-2)17-13-9-8-10-14-17/h8-10,13-14,18-20H,3-7,11-12,15-16H2,1-2H3. The number of rotatable bonds is 6. The van der Waals surface area contributed by atoms with E-state index >= 15 is 0 Å². The first-order valence-electron chi connectivity index (χ1n) is 8.89. The van der Waals surface area contributed by atoms with E-state index in [1.807, 2.05) is 0 Å². The predicted octanol–water partition coefficient (Wildman–Crippen LogP) is 4.38. The molecule has 1 aliphatic rings. The fourth-order valence-corrected chi connectivity index (χ4v) is 3.66. The van der Waals surface area contributed by atoms with Crippen molar-refractivity contribution in [3.8, 4) is 0 Å². The fourth-order valence-electron chi connectivity index (χ4n) is 3.66. The lowest BCUT2D eigenvalue weighted by molar-refractivity contribution is 0.139. The number of likely N-dealkylation sites (N-methyl/N-ethyl adjacent to an activating group) is 1. The van der Waals surface area contributed by atoms with Gasteiger partial charge in [0.25, 0.3) is 0 Å². The maximum Gasteiger partial charge on any atom is 0.0477 e. The van der Waals surface area contributed by atoms with E-state index in [0.29, 0.717) is 12.1 Å². The van der Waals surface area contributed by atoms with Crippen LogP contribution in [0.5, 0.6) is 0 Å². The molecule has 0 spiro atoms. The number of hydrogen-bond acceptors (Lipinski definition) is 2. The van der Waals surface area contributed by atoms with Crippen LogP contribution in [0.4, 0.5) is 0 Å². The highest BCUT2D eigenvalue weighted by atomic mass is 15.2. The molecule has 0 aromatic heterocycles. The van der Waals surface area contributed by atoms with Crippen molar-refractivity contribution in [1.82, 2.24) is 10.2 Å². The quantitative estimate of drug-likeness (QED) is 0.835. The van der Waals surface area contributed by atoms with E-state index < -0.39 is 0 Å². The molecule has 2 atom stereocenters. The van der Waals surface area contributed by atoms with Gasteiger partial charge in [-0.25, -0.2) is 0 Å². The summed E-state index contributed by atoms with van der Waals surface area (Å²) in [7, 11) is 0. The first-order valence-corrected chi connectivity index (χ1v) is 8.89. The largest absolute Gasteiger partial charge is 0.309 e. The number of likely N-dealkylation sites (tertiary alicyclic amines) is 1. The number of hydrogen-bond donors (Lipinski definition) is 1. The van der Waals surface area contributed by atoms with Gasteiger partial charge in [0.2, 0.25) is 0 Å². The lowest BCUT2D eigenvalue weighted by Crippen LogP contribution is -2.45. The lowest BCUT2D eigenvalue weighted by atomic mass is 9.94. The average Bonchev–Trinajstić information content (AvgIpc) is 2.49. The molecule has 1 aromatic carbocycles. The molecular formula is C19H32N2. The Morgan fingerprint density at radius 3 is 2.14 bits per heavy atom. The molecule has 2 unspecified atom stereocenters. The zero-order valence-corrected chi connectivity index (χ0v) is 13.9. The molecule has 1 N–H and O–H groups in total. The molecular weight excluding hydrogens is 256 g/mol.